The maximum Gasteiger partial charge on any atom is 0.306 e. The van der Waals surface area contributed by atoms with E-state index < -0.39 is 0 Å². The Kier molecular flexibility index (Phi) is 6.87. The van der Waals surface area contributed by atoms with Gasteiger partial charge < -0.3 is 14.2 Å². The van der Waals surface area contributed by atoms with Crippen molar-refractivity contribution < 1.29 is 19.0 Å². The molecule has 3 saturated carbocycles. The zero-order valence-corrected chi connectivity index (χ0v) is 24.2. The molecule has 5 fully saturated rings. The number of unbranched alkanes of at least 4 members (excludes halogenated alkanes) is 2. The standard InChI is InChI=1S/C33H52O4/c1-6-7-8-9-29(34)36-24-13-15-31(4)23(18-24)10-11-25-26(31)14-16-32(5)27(25)19-28-30(32)22(3)33(37-28)17-12-21(2)20-35-33/h10,21-22,24-28,30H,6-9,11-20H2,1-5H3/t21?,22?,24?,25?,26?,27?,28?,30?,31-,32-,33+/m0/s1. The van der Waals surface area contributed by atoms with Gasteiger partial charge in [-0.25, -0.2) is 0 Å². The SMILES string of the molecule is CCCCCC(=O)OC1CC[C@@]2(C)C(=CCC3C4CC5O[C@]6(CCC(C)CO6)C(C)C5[C@@]4(C)CCC32)C1. The molecule has 6 rings (SSSR count). The van der Waals surface area contributed by atoms with Crippen LogP contribution in [0.15, 0.2) is 11.6 Å². The lowest BCUT2D eigenvalue weighted by Gasteiger charge is -2.58. The van der Waals surface area contributed by atoms with E-state index in [0.717, 1.165) is 62.9 Å². The molecule has 4 nitrogen and oxygen atoms in total. The van der Waals surface area contributed by atoms with E-state index in [0.29, 0.717) is 35.7 Å². The van der Waals surface area contributed by atoms with Crippen molar-refractivity contribution in [3.8, 4) is 0 Å². The Balaban J connectivity index is 1.15. The molecule has 0 aromatic carbocycles. The van der Waals surface area contributed by atoms with E-state index in [1.54, 1.807) is 5.57 Å². The van der Waals surface area contributed by atoms with E-state index in [1.165, 1.54) is 38.5 Å². The summed E-state index contributed by atoms with van der Waals surface area (Å²) in [6.07, 6.45) is 17.4. The van der Waals surface area contributed by atoms with Gasteiger partial charge in [0.2, 0.25) is 0 Å². The van der Waals surface area contributed by atoms with Crippen LogP contribution in [0.2, 0.25) is 0 Å². The van der Waals surface area contributed by atoms with E-state index in [2.05, 4.69) is 40.7 Å². The molecule has 2 aliphatic heterocycles. The maximum atomic E-state index is 12.4. The molecule has 0 amide bonds. The maximum absolute atomic E-state index is 12.4. The van der Waals surface area contributed by atoms with Crippen molar-refractivity contribution in [2.24, 2.45) is 46.3 Å². The first-order valence-electron chi connectivity index (χ1n) is 15.9. The third-order valence-electron chi connectivity index (χ3n) is 12.6. The minimum atomic E-state index is -0.315. The van der Waals surface area contributed by atoms with Gasteiger partial charge in [-0.3, -0.25) is 4.79 Å². The summed E-state index contributed by atoms with van der Waals surface area (Å²) in [4.78, 5) is 12.4. The number of rotatable bonds is 5. The summed E-state index contributed by atoms with van der Waals surface area (Å²) >= 11 is 0. The lowest BCUT2D eigenvalue weighted by Crippen LogP contribution is -2.52. The number of carbonyl (C=O) groups excluding carboxylic acids is 1. The summed E-state index contributed by atoms with van der Waals surface area (Å²) < 4.78 is 19.4. The molecule has 2 heterocycles. The van der Waals surface area contributed by atoms with Crippen molar-refractivity contribution in [3.63, 3.8) is 0 Å². The molecular weight excluding hydrogens is 460 g/mol. The van der Waals surface area contributed by atoms with Crippen LogP contribution < -0.4 is 0 Å². The van der Waals surface area contributed by atoms with Gasteiger partial charge in [0, 0.05) is 25.2 Å². The Morgan fingerprint density at radius 3 is 2.68 bits per heavy atom. The lowest BCUT2D eigenvalue weighted by molar-refractivity contribution is -0.272. The van der Waals surface area contributed by atoms with Crippen LogP contribution in [0.3, 0.4) is 0 Å². The second-order valence-electron chi connectivity index (χ2n) is 14.6. The molecule has 11 atom stereocenters. The number of ether oxygens (including phenoxy) is 3. The van der Waals surface area contributed by atoms with E-state index in [4.69, 9.17) is 14.2 Å². The molecule has 0 N–H and O–H groups in total. The molecule has 6 aliphatic rings. The molecule has 37 heavy (non-hydrogen) atoms. The number of hydrogen-bond donors (Lipinski definition) is 0. The Bertz CT molecular complexity index is 902. The van der Waals surface area contributed by atoms with Crippen LogP contribution >= 0.6 is 0 Å². The van der Waals surface area contributed by atoms with Crippen LogP contribution in [-0.4, -0.2) is 30.6 Å². The first kappa shape index (κ1) is 26.4. The Morgan fingerprint density at radius 2 is 1.92 bits per heavy atom. The minimum Gasteiger partial charge on any atom is -0.462 e. The number of esters is 1. The van der Waals surface area contributed by atoms with Gasteiger partial charge in [-0.1, -0.05) is 59.1 Å². The van der Waals surface area contributed by atoms with Crippen molar-refractivity contribution >= 4 is 5.97 Å². The van der Waals surface area contributed by atoms with Crippen LogP contribution in [0.25, 0.3) is 0 Å². The number of hydrogen-bond acceptors (Lipinski definition) is 4. The molecule has 208 valence electrons. The van der Waals surface area contributed by atoms with Crippen molar-refractivity contribution in [1.29, 1.82) is 0 Å². The summed E-state index contributed by atoms with van der Waals surface area (Å²) in [6, 6.07) is 0. The van der Waals surface area contributed by atoms with Crippen LogP contribution in [0.4, 0.5) is 0 Å². The number of allylic oxidation sites excluding steroid dienone is 1. The first-order valence-corrected chi connectivity index (χ1v) is 15.9. The molecule has 2 saturated heterocycles. The summed E-state index contributed by atoms with van der Waals surface area (Å²) in [5.41, 5.74) is 2.25. The van der Waals surface area contributed by atoms with Gasteiger partial charge in [-0.05, 0) is 91.8 Å². The van der Waals surface area contributed by atoms with Gasteiger partial charge >= 0.3 is 5.97 Å². The molecule has 8 unspecified atom stereocenters. The molecule has 0 radical (unpaired) electrons. The number of fused-ring (bicyclic) bond motifs is 7. The summed E-state index contributed by atoms with van der Waals surface area (Å²) in [7, 11) is 0. The topological polar surface area (TPSA) is 44.8 Å². The van der Waals surface area contributed by atoms with Crippen LogP contribution in [0.1, 0.15) is 118 Å². The predicted molar refractivity (Wildman–Crippen MR) is 146 cm³/mol. The monoisotopic (exact) mass is 512 g/mol. The molecule has 4 aliphatic carbocycles. The van der Waals surface area contributed by atoms with Crippen molar-refractivity contribution in [1.82, 2.24) is 0 Å². The second-order valence-corrected chi connectivity index (χ2v) is 14.6. The van der Waals surface area contributed by atoms with E-state index in [9.17, 15) is 4.79 Å². The lowest BCUT2D eigenvalue weighted by atomic mass is 9.47. The normalized spacial score (nSPS) is 50.6. The largest absolute Gasteiger partial charge is 0.462 e. The Labute approximate surface area is 225 Å². The Hall–Kier alpha value is -0.870. The van der Waals surface area contributed by atoms with Crippen molar-refractivity contribution in [2.75, 3.05) is 6.61 Å². The van der Waals surface area contributed by atoms with Crippen LogP contribution in [0, 0.1) is 46.3 Å². The van der Waals surface area contributed by atoms with E-state index in [-0.39, 0.29) is 23.3 Å². The molecule has 1 spiro atoms. The second kappa shape index (κ2) is 9.65. The van der Waals surface area contributed by atoms with Gasteiger partial charge in [0.25, 0.3) is 0 Å². The average molecular weight is 513 g/mol. The highest BCUT2D eigenvalue weighted by atomic mass is 16.7. The average Bonchev–Trinajstić information content (AvgIpc) is 3.31. The summed E-state index contributed by atoms with van der Waals surface area (Å²) in [6.45, 7) is 13.0. The highest BCUT2D eigenvalue weighted by Crippen LogP contribution is 2.70. The van der Waals surface area contributed by atoms with E-state index >= 15 is 0 Å². The van der Waals surface area contributed by atoms with Gasteiger partial charge in [0.05, 0.1) is 12.7 Å². The minimum absolute atomic E-state index is 0.0190. The Morgan fingerprint density at radius 1 is 1.08 bits per heavy atom. The van der Waals surface area contributed by atoms with Gasteiger partial charge in [-0.15, -0.1) is 0 Å². The quantitative estimate of drug-likeness (QED) is 0.214. The fraction of sp³-hybridized carbons (Fsp3) is 0.909. The summed E-state index contributed by atoms with van der Waals surface area (Å²) in [5.74, 6) is 3.77. The molecular formula is C33H52O4. The van der Waals surface area contributed by atoms with Crippen molar-refractivity contribution in [2.45, 2.75) is 136 Å². The highest BCUT2D eigenvalue weighted by Gasteiger charge is 2.68. The third kappa shape index (κ3) is 4.17. The molecule has 0 aromatic rings. The fourth-order valence-corrected chi connectivity index (χ4v) is 10.5. The van der Waals surface area contributed by atoms with Gasteiger partial charge in [0.1, 0.15) is 6.10 Å². The van der Waals surface area contributed by atoms with Crippen molar-refractivity contribution in [3.05, 3.63) is 11.6 Å². The smallest absolute Gasteiger partial charge is 0.306 e. The van der Waals surface area contributed by atoms with Crippen LogP contribution in [0.5, 0.6) is 0 Å². The fourth-order valence-electron chi connectivity index (χ4n) is 10.5. The first-order chi connectivity index (χ1) is 17.7. The molecule has 4 heteroatoms. The zero-order chi connectivity index (χ0) is 26.0. The third-order valence-corrected chi connectivity index (χ3v) is 12.6. The van der Waals surface area contributed by atoms with E-state index in [1.807, 2.05) is 0 Å². The zero-order valence-electron chi connectivity index (χ0n) is 24.2. The molecule has 0 aromatic heterocycles. The molecule has 0 bridgehead atoms. The number of carbonyl (C=O) groups is 1. The summed E-state index contributed by atoms with van der Waals surface area (Å²) in [5, 5.41) is 0. The van der Waals surface area contributed by atoms with Gasteiger partial charge in [-0.2, -0.15) is 0 Å². The predicted octanol–water partition coefficient (Wildman–Crippen LogP) is 7.85. The van der Waals surface area contributed by atoms with Crippen LogP contribution in [-0.2, 0) is 19.0 Å². The highest BCUT2D eigenvalue weighted by molar-refractivity contribution is 5.69. The van der Waals surface area contributed by atoms with Gasteiger partial charge in [0.15, 0.2) is 5.79 Å².